The molecule has 1 fully saturated rings. The molecule has 0 aromatic heterocycles. The molecule has 2 rings (SSSR count). The van der Waals surface area contributed by atoms with Crippen LogP contribution >= 0.6 is 12.4 Å². The number of urea groups is 1. The maximum atomic E-state index is 11.6. The molecule has 0 bridgehead atoms. The molecule has 18 heavy (non-hydrogen) atoms. The van der Waals surface area contributed by atoms with Crippen molar-refractivity contribution in [2.24, 2.45) is 0 Å². The summed E-state index contributed by atoms with van der Waals surface area (Å²) in [6, 6.07) is -0.176. The van der Waals surface area contributed by atoms with E-state index in [4.69, 9.17) is 0 Å². The summed E-state index contributed by atoms with van der Waals surface area (Å²) in [6.07, 6.45) is 3.79. The van der Waals surface area contributed by atoms with Crippen molar-refractivity contribution in [3.05, 3.63) is 12.2 Å². The third-order valence-corrected chi connectivity index (χ3v) is 3.05. The van der Waals surface area contributed by atoms with E-state index in [2.05, 4.69) is 10.6 Å². The molecule has 0 aromatic rings. The molecule has 2 heterocycles. The summed E-state index contributed by atoms with van der Waals surface area (Å²) >= 11 is 0. The third-order valence-electron chi connectivity index (χ3n) is 3.05. The highest BCUT2D eigenvalue weighted by Gasteiger charge is 2.25. The number of hydrogen-bond acceptors (Lipinski definition) is 3. The molecule has 2 aliphatic rings. The smallest absolute Gasteiger partial charge is 0.319 e. The number of carbonyl (C=O) groups excluding carboxylic acids is 2. The van der Waals surface area contributed by atoms with Crippen LogP contribution in [0.5, 0.6) is 0 Å². The van der Waals surface area contributed by atoms with Gasteiger partial charge in [0.1, 0.15) is 6.04 Å². The van der Waals surface area contributed by atoms with E-state index in [-0.39, 0.29) is 30.4 Å². The van der Waals surface area contributed by atoms with Crippen molar-refractivity contribution < 1.29 is 9.59 Å². The molecule has 0 spiro atoms. The first-order valence-corrected chi connectivity index (χ1v) is 5.86. The lowest BCUT2D eigenvalue weighted by molar-refractivity contribution is -0.121. The van der Waals surface area contributed by atoms with Crippen LogP contribution in [0.15, 0.2) is 12.2 Å². The molecule has 2 aliphatic heterocycles. The summed E-state index contributed by atoms with van der Waals surface area (Å²) in [5.41, 5.74) is 0. The van der Waals surface area contributed by atoms with Crippen molar-refractivity contribution in [2.45, 2.75) is 6.04 Å². The second kappa shape index (κ2) is 6.61. The van der Waals surface area contributed by atoms with E-state index >= 15 is 0 Å². The topological polar surface area (TPSA) is 64.7 Å². The molecule has 1 saturated heterocycles. The zero-order valence-electron chi connectivity index (χ0n) is 10.4. The second-order valence-corrected chi connectivity index (χ2v) is 4.30. The zero-order chi connectivity index (χ0) is 12.3. The predicted molar refractivity (Wildman–Crippen MR) is 70.8 cm³/mol. The number of amides is 3. The Kier molecular flexibility index (Phi) is 5.43. The summed E-state index contributed by atoms with van der Waals surface area (Å²) in [5, 5.41) is 5.86. The number of halogens is 1. The molecule has 3 amide bonds. The van der Waals surface area contributed by atoms with Crippen LogP contribution in [0.3, 0.4) is 0 Å². The van der Waals surface area contributed by atoms with Crippen LogP contribution in [0.1, 0.15) is 0 Å². The van der Waals surface area contributed by atoms with E-state index in [1.165, 1.54) is 0 Å². The average Bonchev–Trinajstić information content (AvgIpc) is 2.93. The van der Waals surface area contributed by atoms with Gasteiger partial charge in [-0.1, -0.05) is 12.2 Å². The van der Waals surface area contributed by atoms with Gasteiger partial charge in [-0.05, 0) is 0 Å². The van der Waals surface area contributed by atoms with E-state index in [1.807, 2.05) is 12.2 Å². The Morgan fingerprint density at radius 2 is 2.33 bits per heavy atom. The Morgan fingerprint density at radius 1 is 1.56 bits per heavy atom. The number of carbonyl (C=O) groups is 2. The number of likely N-dealkylation sites (N-methyl/N-ethyl adjacent to an activating group) is 1. The summed E-state index contributed by atoms with van der Waals surface area (Å²) in [6.45, 7) is 3.33. The molecule has 2 N–H and O–H groups in total. The molecule has 6 nitrogen and oxygen atoms in total. The quantitative estimate of drug-likeness (QED) is 0.674. The minimum atomic E-state index is -0.216. The highest BCUT2D eigenvalue weighted by atomic mass is 35.5. The first-order chi connectivity index (χ1) is 8.18. The van der Waals surface area contributed by atoms with Crippen LogP contribution < -0.4 is 10.6 Å². The number of nitrogens with one attached hydrogen (secondary N) is 2. The van der Waals surface area contributed by atoms with E-state index in [1.54, 1.807) is 16.8 Å². The average molecular weight is 275 g/mol. The van der Waals surface area contributed by atoms with Crippen molar-refractivity contribution >= 4 is 24.3 Å². The van der Waals surface area contributed by atoms with Crippen molar-refractivity contribution in [3.8, 4) is 0 Å². The Balaban J connectivity index is 0.00000162. The van der Waals surface area contributed by atoms with Crippen LogP contribution in [0.25, 0.3) is 0 Å². The lowest BCUT2D eigenvalue weighted by atomic mass is 10.3. The van der Waals surface area contributed by atoms with Gasteiger partial charge in [0.25, 0.3) is 0 Å². The van der Waals surface area contributed by atoms with Gasteiger partial charge in [-0.3, -0.25) is 10.1 Å². The Morgan fingerprint density at radius 3 is 2.89 bits per heavy atom. The minimum absolute atomic E-state index is 0. The van der Waals surface area contributed by atoms with Crippen LogP contribution in [0.2, 0.25) is 0 Å². The summed E-state index contributed by atoms with van der Waals surface area (Å²) in [7, 11) is 1.79. The van der Waals surface area contributed by atoms with E-state index in [0.717, 1.165) is 19.6 Å². The van der Waals surface area contributed by atoms with Gasteiger partial charge in [0.2, 0.25) is 5.91 Å². The lowest BCUT2D eigenvalue weighted by Crippen LogP contribution is -2.44. The van der Waals surface area contributed by atoms with Crippen molar-refractivity contribution in [3.63, 3.8) is 0 Å². The zero-order valence-corrected chi connectivity index (χ0v) is 11.2. The molecule has 0 aliphatic carbocycles. The van der Waals surface area contributed by atoms with Gasteiger partial charge < -0.3 is 15.1 Å². The maximum Gasteiger partial charge on any atom is 0.319 e. The van der Waals surface area contributed by atoms with Crippen molar-refractivity contribution in [2.75, 3.05) is 39.8 Å². The van der Waals surface area contributed by atoms with Crippen LogP contribution in [0.4, 0.5) is 4.79 Å². The molecular formula is C11H19ClN4O2. The van der Waals surface area contributed by atoms with Gasteiger partial charge in [-0.25, -0.2) is 4.79 Å². The molecule has 0 radical (unpaired) electrons. The molecule has 1 atom stereocenters. The first kappa shape index (κ1) is 14.8. The molecule has 1 unspecified atom stereocenters. The Bertz CT molecular complexity index is 348. The molecule has 7 heteroatoms. The standard InChI is InChI=1S/C11H18N4O2.ClH/c1-14-7-8-15(11(14)17)6-5-13-10(16)9-3-2-4-12-9;/h2-3,9,12H,4-8H2,1H3,(H,13,16);1H. The lowest BCUT2D eigenvalue weighted by Gasteiger charge is -2.17. The van der Waals surface area contributed by atoms with Crippen LogP contribution in [-0.2, 0) is 4.79 Å². The fourth-order valence-electron chi connectivity index (χ4n) is 1.98. The summed E-state index contributed by atoms with van der Waals surface area (Å²) in [5.74, 6) is -0.0289. The molecule has 0 saturated carbocycles. The van der Waals surface area contributed by atoms with Crippen molar-refractivity contribution in [1.29, 1.82) is 0 Å². The minimum Gasteiger partial charge on any atom is -0.353 e. The number of hydrogen-bond donors (Lipinski definition) is 2. The summed E-state index contributed by atoms with van der Waals surface area (Å²) < 4.78 is 0. The largest absolute Gasteiger partial charge is 0.353 e. The van der Waals surface area contributed by atoms with Gasteiger partial charge >= 0.3 is 6.03 Å². The van der Waals surface area contributed by atoms with Gasteiger partial charge in [0.15, 0.2) is 0 Å². The van der Waals surface area contributed by atoms with Crippen molar-refractivity contribution in [1.82, 2.24) is 20.4 Å². The third kappa shape index (κ3) is 3.36. The maximum absolute atomic E-state index is 11.6. The molecule has 0 aromatic carbocycles. The molecular weight excluding hydrogens is 256 g/mol. The predicted octanol–water partition coefficient (Wildman–Crippen LogP) is -0.580. The number of rotatable bonds is 4. The molecule has 102 valence electrons. The second-order valence-electron chi connectivity index (χ2n) is 4.30. The van der Waals surface area contributed by atoms with E-state index < -0.39 is 0 Å². The van der Waals surface area contributed by atoms with E-state index in [9.17, 15) is 9.59 Å². The highest BCUT2D eigenvalue weighted by molar-refractivity contribution is 5.85. The fraction of sp³-hybridized carbons (Fsp3) is 0.636. The highest BCUT2D eigenvalue weighted by Crippen LogP contribution is 2.04. The Labute approximate surface area is 113 Å². The van der Waals surface area contributed by atoms with Gasteiger partial charge in [-0.15, -0.1) is 12.4 Å². The van der Waals surface area contributed by atoms with E-state index in [0.29, 0.717) is 13.1 Å². The first-order valence-electron chi connectivity index (χ1n) is 5.86. The van der Waals surface area contributed by atoms with Gasteiger partial charge in [0.05, 0.1) is 0 Å². The Hall–Kier alpha value is -1.27. The van der Waals surface area contributed by atoms with Gasteiger partial charge in [0, 0.05) is 39.8 Å². The van der Waals surface area contributed by atoms with Crippen LogP contribution in [-0.4, -0.2) is 67.6 Å². The SMILES string of the molecule is CN1CCN(CCNC(=O)C2C=CCN2)C1=O.Cl. The number of nitrogens with zero attached hydrogens (tertiary/aromatic N) is 2. The summed E-state index contributed by atoms with van der Waals surface area (Å²) in [4.78, 5) is 26.6. The normalized spacial score (nSPS) is 22.3. The van der Waals surface area contributed by atoms with Crippen LogP contribution in [0, 0.1) is 0 Å². The van der Waals surface area contributed by atoms with Gasteiger partial charge in [-0.2, -0.15) is 0 Å². The monoisotopic (exact) mass is 274 g/mol. The fourth-order valence-corrected chi connectivity index (χ4v) is 1.98.